The zero-order chi connectivity index (χ0) is 16.9. The van der Waals surface area contributed by atoms with Gasteiger partial charge in [-0.1, -0.05) is 44.7 Å². The van der Waals surface area contributed by atoms with E-state index in [2.05, 4.69) is 5.32 Å². The van der Waals surface area contributed by atoms with Gasteiger partial charge in [0, 0.05) is 13.0 Å². The lowest BCUT2D eigenvalue weighted by molar-refractivity contribution is -0.137. The number of alkyl halides is 3. The van der Waals surface area contributed by atoms with Crippen molar-refractivity contribution in [2.45, 2.75) is 57.5 Å². The van der Waals surface area contributed by atoms with Gasteiger partial charge in [0.05, 0.1) is 5.56 Å². The summed E-state index contributed by atoms with van der Waals surface area (Å²) in [5.41, 5.74) is 0.0957. The third-order valence-electron chi connectivity index (χ3n) is 4.65. The SMILES string of the molecule is CC(CC(=O)NCCC1CCCC1)c1ccc(C(F)(F)F)cc1. The summed E-state index contributed by atoms with van der Waals surface area (Å²) in [6.07, 6.45) is 2.12. The van der Waals surface area contributed by atoms with Gasteiger partial charge in [0.15, 0.2) is 0 Å². The van der Waals surface area contributed by atoms with Gasteiger partial charge in [0.25, 0.3) is 0 Å². The van der Waals surface area contributed by atoms with Crippen LogP contribution in [0.2, 0.25) is 0 Å². The first-order valence-electron chi connectivity index (χ1n) is 8.30. The monoisotopic (exact) mass is 327 g/mol. The summed E-state index contributed by atoms with van der Waals surface area (Å²) >= 11 is 0. The molecule has 1 unspecified atom stereocenters. The number of carbonyl (C=O) groups excluding carboxylic acids is 1. The maximum absolute atomic E-state index is 12.5. The molecule has 2 nitrogen and oxygen atoms in total. The van der Waals surface area contributed by atoms with Crippen LogP contribution in [0.3, 0.4) is 0 Å². The average Bonchev–Trinajstić information content (AvgIpc) is 2.99. The van der Waals surface area contributed by atoms with E-state index in [4.69, 9.17) is 0 Å². The van der Waals surface area contributed by atoms with Crippen LogP contribution in [0.1, 0.15) is 62.5 Å². The summed E-state index contributed by atoms with van der Waals surface area (Å²) in [4.78, 5) is 11.9. The van der Waals surface area contributed by atoms with Crippen molar-refractivity contribution < 1.29 is 18.0 Å². The molecule has 0 spiro atoms. The van der Waals surface area contributed by atoms with Gasteiger partial charge in [-0.05, 0) is 36.0 Å². The maximum atomic E-state index is 12.5. The van der Waals surface area contributed by atoms with Gasteiger partial charge in [-0.2, -0.15) is 13.2 Å². The van der Waals surface area contributed by atoms with E-state index < -0.39 is 11.7 Å². The Morgan fingerprint density at radius 3 is 2.39 bits per heavy atom. The highest BCUT2D eigenvalue weighted by Gasteiger charge is 2.30. The molecular formula is C18H24F3NO. The number of hydrogen-bond donors (Lipinski definition) is 1. The molecule has 1 fully saturated rings. The van der Waals surface area contributed by atoms with E-state index in [1.165, 1.54) is 37.8 Å². The molecule has 23 heavy (non-hydrogen) atoms. The fourth-order valence-electron chi connectivity index (χ4n) is 3.18. The van der Waals surface area contributed by atoms with E-state index in [1.54, 1.807) is 0 Å². The summed E-state index contributed by atoms with van der Waals surface area (Å²) in [5.74, 6) is 0.613. The zero-order valence-electron chi connectivity index (χ0n) is 13.5. The summed E-state index contributed by atoms with van der Waals surface area (Å²) in [5, 5.41) is 2.93. The molecule has 1 aliphatic rings. The predicted octanol–water partition coefficient (Wildman–Crippen LogP) is 4.90. The van der Waals surface area contributed by atoms with Crippen LogP contribution in [-0.4, -0.2) is 12.5 Å². The lowest BCUT2D eigenvalue weighted by Gasteiger charge is -2.14. The van der Waals surface area contributed by atoms with E-state index >= 15 is 0 Å². The molecule has 0 radical (unpaired) electrons. The Hall–Kier alpha value is -1.52. The van der Waals surface area contributed by atoms with E-state index in [0.29, 0.717) is 13.0 Å². The largest absolute Gasteiger partial charge is 0.416 e. The summed E-state index contributed by atoms with van der Waals surface area (Å²) < 4.78 is 37.6. The number of rotatable bonds is 6. The van der Waals surface area contributed by atoms with Crippen molar-refractivity contribution in [1.82, 2.24) is 5.32 Å². The zero-order valence-corrected chi connectivity index (χ0v) is 13.5. The van der Waals surface area contributed by atoms with Crippen LogP contribution in [-0.2, 0) is 11.0 Å². The van der Waals surface area contributed by atoms with Gasteiger partial charge in [-0.25, -0.2) is 0 Å². The minimum Gasteiger partial charge on any atom is -0.356 e. The molecule has 2 rings (SSSR count). The number of nitrogens with one attached hydrogen (secondary N) is 1. The second-order valence-corrected chi connectivity index (χ2v) is 6.51. The van der Waals surface area contributed by atoms with Crippen molar-refractivity contribution >= 4 is 5.91 Å². The van der Waals surface area contributed by atoms with Crippen molar-refractivity contribution in [2.75, 3.05) is 6.54 Å². The minimum absolute atomic E-state index is 0.0320. The van der Waals surface area contributed by atoms with Crippen molar-refractivity contribution in [1.29, 1.82) is 0 Å². The van der Waals surface area contributed by atoms with Gasteiger partial charge >= 0.3 is 6.18 Å². The smallest absolute Gasteiger partial charge is 0.356 e. The second-order valence-electron chi connectivity index (χ2n) is 6.51. The Bertz CT molecular complexity index is 504. The van der Waals surface area contributed by atoms with E-state index in [1.807, 2.05) is 6.92 Å². The first-order chi connectivity index (χ1) is 10.9. The molecule has 0 heterocycles. The molecular weight excluding hydrogens is 303 g/mol. The minimum atomic E-state index is -4.32. The fourth-order valence-corrected chi connectivity index (χ4v) is 3.18. The summed E-state index contributed by atoms with van der Waals surface area (Å²) in [6.45, 7) is 2.56. The molecule has 0 saturated heterocycles. The number of carbonyl (C=O) groups is 1. The fraction of sp³-hybridized carbons (Fsp3) is 0.611. The van der Waals surface area contributed by atoms with Crippen molar-refractivity contribution in [3.05, 3.63) is 35.4 Å². The Kier molecular flexibility index (Phi) is 6.08. The molecule has 0 aromatic heterocycles. The molecule has 1 aromatic rings. The summed E-state index contributed by atoms with van der Waals surface area (Å²) in [7, 11) is 0. The van der Waals surface area contributed by atoms with Gasteiger partial charge in [-0.3, -0.25) is 4.79 Å². The second kappa shape index (κ2) is 7.84. The van der Waals surface area contributed by atoms with E-state index in [9.17, 15) is 18.0 Å². The first-order valence-corrected chi connectivity index (χ1v) is 8.30. The molecule has 1 aliphatic carbocycles. The first kappa shape index (κ1) is 17.8. The van der Waals surface area contributed by atoms with Crippen molar-refractivity contribution in [3.63, 3.8) is 0 Å². The number of hydrogen-bond acceptors (Lipinski definition) is 1. The van der Waals surface area contributed by atoms with E-state index in [-0.39, 0.29) is 11.8 Å². The molecule has 1 aromatic carbocycles. The highest BCUT2D eigenvalue weighted by molar-refractivity contribution is 5.76. The Morgan fingerprint density at radius 1 is 1.22 bits per heavy atom. The van der Waals surface area contributed by atoms with Gasteiger partial charge in [0.2, 0.25) is 5.91 Å². The van der Waals surface area contributed by atoms with Crippen LogP contribution in [0.25, 0.3) is 0 Å². The molecule has 1 amide bonds. The number of halogens is 3. The molecule has 128 valence electrons. The van der Waals surface area contributed by atoms with Crippen molar-refractivity contribution in [2.24, 2.45) is 5.92 Å². The van der Waals surface area contributed by atoms with Gasteiger partial charge in [-0.15, -0.1) is 0 Å². The van der Waals surface area contributed by atoms with Crippen LogP contribution in [0.4, 0.5) is 13.2 Å². The van der Waals surface area contributed by atoms with Crippen LogP contribution in [0.15, 0.2) is 24.3 Å². The average molecular weight is 327 g/mol. The Morgan fingerprint density at radius 2 is 1.83 bits per heavy atom. The normalized spacial score (nSPS) is 17.2. The topological polar surface area (TPSA) is 29.1 Å². The van der Waals surface area contributed by atoms with Crippen LogP contribution >= 0.6 is 0 Å². The lowest BCUT2D eigenvalue weighted by Crippen LogP contribution is -2.26. The number of benzene rings is 1. The van der Waals surface area contributed by atoms with E-state index in [0.717, 1.165) is 30.0 Å². The lowest BCUT2D eigenvalue weighted by atomic mass is 9.96. The summed E-state index contributed by atoms with van der Waals surface area (Å²) in [6, 6.07) is 5.06. The molecule has 0 bridgehead atoms. The van der Waals surface area contributed by atoms with Gasteiger partial charge in [0.1, 0.15) is 0 Å². The highest BCUT2D eigenvalue weighted by atomic mass is 19.4. The standard InChI is InChI=1S/C18H24F3NO/c1-13(15-6-8-16(9-7-15)18(19,20)21)12-17(23)22-11-10-14-4-2-3-5-14/h6-9,13-14H,2-5,10-12H2,1H3,(H,22,23). The third kappa shape index (κ3) is 5.56. The quantitative estimate of drug-likeness (QED) is 0.791. The molecule has 1 N–H and O–H groups in total. The molecule has 1 saturated carbocycles. The molecule has 5 heteroatoms. The predicted molar refractivity (Wildman–Crippen MR) is 84.1 cm³/mol. The Labute approximate surface area is 135 Å². The van der Waals surface area contributed by atoms with Crippen molar-refractivity contribution in [3.8, 4) is 0 Å². The third-order valence-corrected chi connectivity index (χ3v) is 4.65. The van der Waals surface area contributed by atoms with Crippen LogP contribution < -0.4 is 5.32 Å². The molecule has 0 aliphatic heterocycles. The Balaban J connectivity index is 1.76. The highest BCUT2D eigenvalue weighted by Crippen LogP contribution is 2.30. The van der Waals surface area contributed by atoms with Crippen LogP contribution in [0, 0.1) is 5.92 Å². The maximum Gasteiger partial charge on any atom is 0.416 e. The molecule has 1 atom stereocenters. The van der Waals surface area contributed by atoms with Crippen LogP contribution in [0.5, 0.6) is 0 Å². The van der Waals surface area contributed by atoms with Gasteiger partial charge < -0.3 is 5.32 Å². The number of amides is 1.